The Hall–Kier alpha value is -2.25. The molecule has 2 fully saturated rings. The van der Waals surface area contributed by atoms with E-state index in [9.17, 15) is 24.6 Å². The smallest absolute Gasteiger partial charge is 0.331 e. The highest BCUT2D eigenvalue weighted by atomic mass is 16.6. The van der Waals surface area contributed by atoms with Crippen molar-refractivity contribution in [3.05, 3.63) is 35.5 Å². The van der Waals surface area contributed by atoms with E-state index in [1.807, 2.05) is 19.9 Å². The van der Waals surface area contributed by atoms with Gasteiger partial charge in [-0.2, -0.15) is 0 Å². The van der Waals surface area contributed by atoms with E-state index >= 15 is 0 Å². The highest BCUT2D eigenvalue weighted by Crippen LogP contribution is 2.73. The average Bonchev–Trinajstić information content (AvgIpc) is 3.15. The van der Waals surface area contributed by atoms with Crippen LogP contribution in [0, 0.1) is 29.6 Å². The van der Waals surface area contributed by atoms with Gasteiger partial charge in [-0.25, -0.2) is 4.79 Å². The first kappa shape index (κ1) is 24.9. The molecule has 4 rings (SSSR count). The van der Waals surface area contributed by atoms with Gasteiger partial charge >= 0.3 is 11.9 Å². The lowest BCUT2D eigenvalue weighted by Gasteiger charge is -2.50. The van der Waals surface area contributed by atoms with E-state index in [-0.39, 0.29) is 24.5 Å². The number of hydrogen-bond acceptors (Lipinski definition) is 7. The van der Waals surface area contributed by atoms with Gasteiger partial charge in [0, 0.05) is 24.3 Å². The van der Waals surface area contributed by atoms with Crippen molar-refractivity contribution in [2.75, 3.05) is 0 Å². The number of fused-ring (bicyclic) bond motifs is 5. The van der Waals surface area contributed by atoms with Gasteiger partial charge in [0.2, 0.25) is 0 Å². The van der Waals surface area contributed by atoms with Crippen LogP contribution in [0.1, 0.15) is 61.3 Å². The van der Waals surface area contributed by atoms with Gasteiger partial charge in [0.05, 0.1) is 17.4 Å². The number of hydrogen-bond donors (Lipinski definition) is 2. The van der Waals surface area contributed by atoms with Gasteiger partial charge in [-0.1, -0.05) is 44.6 Å². The Morgan fingerprint density at radius 1 is 1.18 bits per heavy atom. The van der Waals surface area contributed by atoms with E-state index in [0.717, 1.165) is 5.57 Å². The molecule has 1 unspecified atom stereocenters. The molecule has 0 saturated heterocycles. The minimum absolute atomic E-state index is 0.108. The number of allylic oxidation sites excluding steroid dienone is 1. The van der Waals surface area contributed by atoms with Crippen LogP contribution in [0.4, 0.5) is 0 Å². The van der Waals surface area contributed by atoms with Crippen molar-refractivity contribution in [3.8, 4) is 0 Å². The minimum atomic E-state index is -1.73. The van der Waals surface area contributed by atoms with Gasteiger partial charge < -0.3 is 19.7 Å². The van der Waals surface area contributed by atoms with E-state index in [0.29, 0.717) is 5.57 Å². The number of rotatable bonds is 4. The summed E-state index contributed by atoms with van der Waals surface area (Å²) in [5.74, 6) is -4.11. The molecule has 0 bridgehead atoms. The van der Waals surface area contributed by atoms with Crippen LogP contribution in [0.25, 0.3) is 0 Å². The third kappa shape index (κ3) is 3.05. The van der Waals surface area contributed by atoms with Crippen LogP contribution in [-0.4, -0.2) is 50.3 Å². The lowest BCUT2D eigenvalue weighted by molar-refractivity contribution is -0.189. The summed E-state index contributed by atoms with van der Waals surface area (Å²) in [5, 5.41) is 23.9. The minimum Gasteiger partial charge on any atom is -0.454 e. The topological polar surface area (TPSA) is 110 Å². The van der Waals surface area contributed by atoms with Gasteiger partial charge in [0.1, 0.15) is 5.60 Å². The molecule has 4 aliphatic carbocycles. The first-order valence-electron chi connectivity index (χ1n) is 12.1. The molecule has 34 heavy (non-hydrogen) atoms. The van der Waals surface area contributed by atoms with Crippen LogP contribution < -0.4 is 0 Å². The summed E-state index contributed by atoms with van der Waals surface area (Å²) in [4.78, 5) is 38.3. The highest BCUT2D eigenvalue weighted by Gasteiger charge is 2.87. The lowest BCUT2D eigenvalue weighted by atomic mass is 9.60. The van der Waals surface area contributed by atoms with Gasteiger partial charge in [-0.15, -0.1) is 0 Å². The second-order valence-electron chi connectivity index (χ2n) is 11.3. The zero-order valence-electron chi connectivity index (χ0n) is 21.0. The third-order valence-corrected chi connectivity index (χ3v) is 8.71. The van der Waals surface area contributed by atoms with Crippen molar-refractivity contribution in [2.24, 2.45) is 29.6 Å². The molecule has 0 radical (unpaired) electrons. The highest BCUT2D eigenvalue weighted by molar-refractivity contribution is 6.04. The zero-order chi connectivity index (χ0) is 25.4. The fourth-order valence-corrected chi connectivity index (χ4v) is 7.06. The number of aliphatic hydroxyl groups is 2. The third-order valence-electron chi connectivity index (χ3n) is 8.71. The summed E-state index contributed by atoms with van der Waals surface area (Å²) in [5.41, 5.74) is -4.31. The predicted molar refractivity (Wildman–Crippen MR) is 124 cm³/mol. The number of carbonyl (C=O) groups excluding carboxylic acids is 3. The Balaban J connectivity index is 1.86. The Bertz CT molecular complexity index is 1040. The number of ketones is 1. The lowest BCUT2D eigenvalue weighted by Crippen LogP contribution is -2.61. The Morgan fingerprint density at radius 2 is 1.82 bits per heavy atom. The molecule has 7 nitrogen and oxygen atoms in total. The van der Waals surface area contributed by atoms with Crippen LogP contribution in [0.3, 0.4) is 0 Å². The molecule has 4 aliphatic rings. The summed E-state index contributed by atoms with van der Waals surface area (Å²) in [6.07, 6.45) is 6.82. The van der Waals surface area contributed by atoms with Crippen LogP contribution in [0.5, 0.6) is 0 Å². The molecular weight excluding hydrogens is 436 g/mol. The number of ether oxygens (including phenoxy) is 2. The molecular formula is C27H36O7. The maximum atomic E-state index is 13.0. The number of Topliss-reactive ketones (excluding diaryl/α,β-unsaturated/α-hetero) is 1. The van der Waals surface area contributed by atoms with Gasteiger partial charge in [0.15, 0.2) is 17.0 Å². The molecule has 0 aromatic heterocycles. The molecule has 0 heterocycles. The quantitative estimate of drug-likeness (QED) is 0.368. The van der Waals surface area contributed by atoms with E-state index in [2.05, 4.69) is 0 Å². The van der Waals surface area contributed by atoms with Crippen molar-refractivity contribution >= 4 is 17.7 Å². The average molecular weight is 473 g/mol. The summed E-state index contributed by atoms with van der Waals surface area (Å²) < 4.78 is 12.0. The van der Waals surface area contributed by atoms with E-state index in [1.54, 1.807) is 46.8 Å². The Labute approximate surface area is 200 Å². The van der Waals surface area contributed by atoms with Gasteiger partial charge in [-0.05, 0) is 45.6 Å². The van der Waals surface area contributed by atoms with E-state index in [1.165, 1.54) is 6.08 Å². The second kappa shape index (κ2) is 7.62. The maximum absolute atomic E-state index is 13.0. The molecule has 2 N–H and O–H groups in total. The Kier molecular flexibility index (Phi) is 5.57. The molecule has 2 saturated carbocycles. The molecule has 0 spiro atoms. The zero-order valence-corrected chi connectivity index (χ0v) is 21.0. The predicted octanol–water partition coefficient (Wildman–Crippen LogP) is 3.05. The standard InChI is InChI=1S/C27H36O7/c1-8-9-20(28)33-24(7)21-18-10-15(4)12-25(31)19(11-16(5)22(25)29)27(18,32)17(6)13-26(21,24)34-23(30)14(2)3/h8-11,14,17-19,21,31-32H,12-13H2,1-7H3/b9-8+/t17-,18+,19-,21-,24?,25-,26+,27-/m1/s1. The largest absolute Gasteiger partial charge is 0.454 e. The second-order valence-corrected chi connectivity index (χ2v) is 11.3. The van der Waals surface area contributed by atoms with Crippen LogP contribution in [0.15, 0.2) is 35.5 Å². The number of esters is 2. The monoisotopic (exact) mass is 472 g/mol. The fourth-order valence-electron chi connectivity index (χ4n) is 7.06. The maximum Gasteiger partial charge on any atom is 0.331 e. The van der Waals surface area contributed by atoms with Crippen molar-refractivity contribution < 1.29 is 34.1 Å². The van der Waals surface area contributed by atoms with Gasteiger partial charge in [-0.3, -0.25) is 9.59 Å². The van der Waals surface area contributed by atoms with Crippen molar-refractivity contribution in [2.45, 2.75) is 83.7 Å². The molecule has 0 aromatic carbocycles. The van der Waals surface area contributed by atoms with Crippen molar-refractivity contribution in [3.63, 3.8) is 0 Å². The summed E-state index contributed by atoms with van der Waals surface area (Å²) in [6, 6.07) is 0. The molecule has 186 valence electrons. The van der Waals surface area contributed by atoms with E-state index in [4.69, 9.17) is 9.47 Å². The van der Waals surface area contributed by atoms with Crippen LogP contribution in [-0.2, 0) is 23.9 Å². The summed E-state index contributed by atoms with van der Waals surface area (Å²) in [7, 11) is 0. The van der Waals surface area contributed by atoms with Crippen molar-refractivity contribution in [1.29, 1.82) is 0 Å². The fraction of sp³-hybridized carbons (Fsp3) is 0.667. The summed E-state index contributed by atoms with van der Waals surface area (Å²) in [6.45, 7) is 12.3. The normalized spacial score (nSPS) is 45.1. The molecule has 0 aliphatic heterocycles. The Morgan fingerprint density at radius 3 is 2.41 bits per heavy atom. The first-order chi connectivity index (χ1) is 15.7. The first-order valence-corrected chi connectivity index (χ1v) is 12.1. The molecule has 0 amide bonds. The van der Waals surface area contributed by atoms with Crippen molar-refractivity contribution in [1.82, 2.24) is 0 Å². The number of carbonyl (C=O) groups is 3. The molecule has 8 atom stereocenters. The molecule has 7 heteroatoms. The SMILES string of the molecule is C/C=C/C(=O)OC1(C)[C@H]2[C@@H]3C=C(C)C[C@]4(O)C(=O)C(C)=C[C@H]4[C@@]3(O)[C@H](C)C[C@]21OC(=O)C(C)C. The van der Waals surface area contributed by atoms with Crippen LogP contribution in [0.2, 0.25) is 0 Å². The van der Waals surface area contributed by atoms with E-state index < -0.39 is 58.0 Å². The van der Waals surface area contributed by atoms with Crippen LogP contribution >= 0.6 is 0 Å². The van der Waals surface area contributed by atoms with Gasteiger partial charge in [0.25, 0.3) is 0 Å². The summed E-state index contributed by atoms with van der Waals surface area (Å²) >= 11 is 0. The molecule has 0 aromatic rings.